The normalized spacial score (nSPS) is 20.6. The highest BCUT2D eigenvalue weighted by Gasteiger charge is 2.20. The van der Waals surface area contributed by atoms with E-state index < -0.39 is 0 Å². The molecule has 1 unspecified atom stereocenters. The molecule has 1 aromatic rings. The number of hydrogen-bond donors (Lipinski definition) is 1. The molecule has 0 saturated carbocycles. The molecule has 0 aromatic heterocycles. The molecule has 17 heavy (non-hydrogen) atoms. The molecule has 0 bridgehead atoms. The zero-order chi connectivity index (χ0) is 12.1. The van der Waals surface area contributed by atoms with Crippen LogP contribution in [0.25, 0.3) is 0 Å². The number of para-hydroxylation sites is 1. The van der Waals surface area contributed by atoms with Crippen LogP contribution < -0.4 is 10.2 Å². The fourth-order valence-corrected chi connectivity index (χ4v) is 2.42. The van der Waals surface area contributed by atoms with Gasteiger partial charge in [0.25, 0.3) is 0 Å². The molecule has 94 valence electrons. The summed E-state index contributed by atoms with van der Waals surface area (Å²) < 4.78 is 13.7. The van der Waals surface area contributed by atoms with Crippen LogP contribution in [-0.2, 0) is 0 Å². The second-order valence-electron chi connectivity index (χ2n) is 4.69. The van der Waals surface area contributed by atoms with Crippen LogP contribution in [0.3, 0.4) is 0 Å². The van der Waals surface area contributed by atoms with E-state index in [-0.39, 0.29) is 5.82 Å². The average Bonchev–Trinajstić information content (AvgIpc) is 2.37. The summed E-state index contributed by atoms with van der Waals surface area (Å²) in [6, 6.07) is 7.57. The van der Waals surface area contributed by atoms with E-state index >= 15 is 0 Å². The third-order valence-corrected chi connectivity index (χ3v) is 3.30. The maximum Gasteiger partial charge on any atom is 0.146 e. The molecule has 0 spiro atoms. The van der Waals surface area contributed by atoms with Gasteiger partial charge in [-0.05, 0) is 37.9 Å². The highest BCUT2D eigenvalue weighted by atomic mass is 19.1. The highest BCUT2D eigenvalue weighted by Crippen LogP contribution is 2.22. The number of nitrogens with one attached hydrogen (secondary N) is 1. The van der Waals surface area contributed by atoms with E-state index in [1.165, 1.54) is 6.42 Å². The Kier molecular flexibility index (Phi) is 4.37. The summed E-state index contributed by atoms with van der Waals surface area (Å²) in [7, 11) is 0. The van der Waals surface area contributed by atoms with E-state index in [0.717, 1.165) is 38.2 Å². The Morgan fingerprint density at radius 1 is 1.41 bits per heavy atom. The molecular weight excluding hydrogens is 215 g/mol. The van der Waals surface area contributed by atoms with Gasteiger partial charge in [-0.2, -0.15) is 0 Å². The average molecular weight is 236 g/mol. The number of halogens is 1. The predicted octanol–water partition coefficient (Wildman–Crippen LogP) is 2.79. The lowest BCUT2D eigenvalue weighted by molar-refractivity contribution is 0.420. The molecule has 1 atom stereocenters. The van der Waals surface area contributed by atoms with Gasteiger partial charge in [-0.15, -0.1) is 0 Å². The van der Waals surface area contributed by atoms with Gasteiger partial charge in [0.05, 0.1) is 5.69 Å². The van der Waals surface area contributed by atoms with Crippen LogP contribution in [0.4, 0.5) is 10.1 Å². The third-order valence-electron chi connectivity index (χ3n) is 3.30. The minimum absolute atomic E-state index is 0.108. The van der Waals surface area contributed by atoms with Crippen LogP contribution in [0, 0.1) is 5.82 Å². The molecule has 1 aromatic carbocycles. The van der Waals surface area contributed by atoms with Crippen molar-refractivity contribution in [3.05, 3.63) is 30.1 Å². The first-order chi connectivity index (χ1) is 8.31. The van der Waals surface area contributed by atoms with Crippen LogP contribution in [0.15, 0.2) is 24.3 Å². The van der Waals surface area contributed by atoms with Crippen molar-refractivity contribution >= 4 is 5.69 Å². The van der Waals surface area contributed by atoms with Crippen molar-refractivity contribution in [1.29, 1.82) is 0 Å². The first-order valence-corrected chi connectivity index (χ1v) is 6.54. The Balaban J connectivity index is 1.99. The minimum atomic E-state index is -0.108. The number of rotatable bonds is 4. The number of hydrogen-bond acceptors (Lipinski definition) is 2. The Bertz CT molecular complexity index is 354. The van der Waals surface area contributed by atoms with Crippen LogP contribution in [0.1, 0.15) is 26.2 Å². The molecule has 2 rings (SSSR count). The summed E-state index contributed by atoms with van der Waals surface area (Å²) in [5.74, 6) is -0.108. The highest BCUT2D eigenvalue weighted by molar-refractivity contribution is 5.48. The first kappa shape index (κ1) is 12.4. The van der Waals surface area contributed by atoms with Crippen molar-refractivity contribution in [2.75, 3.05) is 24.5 Å². The maximum atomic E-state index is 13.7. The molecule has 1 heterocycles. The van der Waals surface area contributed by atoms with Crippen molar-refractivity contribution in [2.24, 2.45) is 0 Å². The van der Waals surface area contributed by atoms with Crippen molar-refractivity contribution < 1.29 is 4.39 Å². The second-order valence-corrected chi connectivity index (χ2v) is 4.69. The van der Waals surface area contributed by atoms with Gasteiger partial charge in [0.2, 0.25) is 0 Å². The summed E-state index contributed by atoms with van der Waals surface area (Å²) in [5, 5.41) is 3.53. The van der Waals surface area contributed by atoms with Crippen molar-refractivity contribution in [1.82, 2.24) is 5.32 Å². The maximum absolute atomic E-state index is 13.7. The number of benzene rings is 1. The van der Waals surface area contributed by atoms with Crippen LogP contribution in [0.2, 0.25) is 0 Å². The molecule has 0 amide bonds. The van der Waals surface area contributed by atoms with E-state index in [9.17, 15) is 4.39 Å². The Morgan fingerprint density at radius 2 is 2.24 bits per heavy atom. The quantitative estimate of drug-likeness (QED) is 0.864. The number of anilines is 1. The number of nitrogens with zero attached hydrogens (tertiary/aromatic N) is 1. The zero-order valence-corrected chi connectivity index (χ0v) is 10.5. The minimum Gasteiger partial charge on any atom is -0.368 e. The van der Waals surface area contributed by atoms with Gasteiger partial charge in [0, 0.05) is 19.1 Å². The van der Waals surface area contributed by atoms with Gasteiger partial charge in [0.1, 0.15) is 5.82 Å². The van der Waals surface area contributed by atoms with E-state index in [1.54, 1.807) is 12.1 Å². The summed E-state index contributed by atoms with van der Waals surface area (Å²) in [4.78, 5) is 2.16. The lowest BCUT2D eigenvalue weighted by Gasteiger charge is -2.35. The molecule has 1 fully saturated rings. The standard InChI is InChI=1S/C14H21FN2/c1-2-9-16-12-6-5-10-17(11-12)14-8-4-3-7-13(14)15/h3-4,7-8,12,16H,2,5-6,9-11H2,1H3. The van der Waals surface area contributed by atoms with Gasteiger partial charge in [0.15, 0.2) is 0 Å². The molecule has 3 heteroatoms. The van der Waals surface area contributed by atoms with Gasteiger partial charge < -0.3 is 10.2 Å². The Morgan fingerprint density at radius 3 is 3.00 bits per heavy atom. The van der Waals surface area contributed by atoms with Crippen molar-refractivity contribution in [3.8, 4) is 0 Å². The molecule has 1 aliphatic heterocycles. The first-order valence-electron chi connectivity index (χ1n) is 6.54. The molecule has 0 radical (unpaired) electrons. The van der Waals surface area contributed by atoms with Gasteiger partial charge in [-0.3, -0.25) is 0 Å². The van der Waals surface area contributed by atoms with E-state index in [2.05, 4.69) is 17.1 Å². The molecule has 1 N–H and O–H groups in total. The summed E-state index contributed by atoms with van der Waals surface area (Å²) in [5.41, 5.74) is 0.746. The molecule has 0 aliphatic carbocycles. The van der Waals surface area contributed by atoms with E-state index in [0.29, 0.717) is 6.04 Å². The van der Waals surface area contributed by atoms with Gasteiger partial charge in [-0.1, -0.05) is 19.1 Å². The van der Waals surface area contributed by atoms with Crippen LogP contribution >= 0.6 is 0 Å². The lowest BCUT2D eigenvalue weighted by Crippen LogP contribution is -2.46. The molecule has 1 saturated heterocycles. The Hall–Kier alpha value is -1.09. The fraction of sp³-hybridized carbons (Fsp3) is 0.571. The van der Waals surface area contributed by atoms with Crippen LogP contribution in [0.5, 0.6) is 0 Å². The van der Waals surface area contributed by atoms with E-state index in [1.807, 2.05) is 12.1 Å². The number of piperidine rings is 1. The third kappa shape index (κ3) is 3.19. The smallest absolute Gasteiger partial charge is 0.146 e. The molecule has 1 aliphatic rings. The largest absolute Gasteiger partial charge is 0.368 e. The van der Waals surface area contributed by atoms with Gasteiger partial charge in [-0.25, -0.2) is 4.39 Å². The van der Waals surface area contributed by atoms with Crippen LogP contribution in [-0.4, -0.2) is 25.7 Å². The Labute approximate surface area is 103 Å². The van der Waals surface area contributed by atoms with E-state index in [4.69, 9.17) is 0 Å². The summed E-state index contributed by atoms with van der Waals surface area (Å²) >= 11 is 0. The monoisotopic (exact) mass is 236 g/mol. The lowest BCUT2D eigenvalue weighted by atomic mass is 10.0. The second kappa shape index (κ2) is 6.01. The SMILES string of the molecule is CCCNC1CCCN(c2ccccc2F)C1. The topological polar surface area (TPSA) is 15.3 Å². The molecular formula is C14H21FN2. The van der Waals surface area contributed by atoms with Crippen molar-refractivity contribution in [3.63, 3.8) is 0 Å². The summed E-state index contributed by atoms with van der Waals surface area (Å²) in [6.07, 6.45) is 3.48. The molecule has 2 nitrogen and oxygen atoms in total. The summed E-state index contributed by atoms with van der Waals surface area (Å²) in [6.45, 7) is 5.10. The predicted molar refractivity (Wildman–Crippen MR) is 69.9 cm³/mol. The van der Waals surface area contributed by atoms with Gasteiger partial charge >= 0.3 is 0 Å². The zero-order valence-electron chi connectivity index (χ0n) is 10.5. The van der Waals surface area contributed by atoms with Crippen molar-refractivity contribution in [2.45, 2.75) is 32.2 Å². The fourth-order valence-electron chi connectivity index (χ4n) is 2.42.